The van der Waals surface area contributed by atoms with Gasteiger partial charge >= 0.3 is 0 Å². The molecule has 1 nitrogen and oxygen atoms in total. The molecule has 0 aliphatic heterocycles. The van der Waals surface area contributed by atoms with E-state index in [1.165, 1.54) is 4.88 Å². The van der Waals surface area contributed by atoms with Gasteiger partial charge < -0.3 is 0 Å². The molecule has 4 heteroatoms. The molecule has 2 heterocycles. The maximum Gasteiger partial charge on any atom is 0.138 e. The molecule has 0 saturated carbocycles. The second kappa shape index (κ2) is 6.47. The third-order valence-electron chi connectivity index (χ3n) is 2.51. The number of hydrogen-bond acceptors (Lipinski definition) is 3. The average molecular weight is 329 g/mol. The second-order valence-corrected chi connectivity index (χ2v) is 6.73. The number of thiophene rings is 2. The Morgan fingerprint density at radius 1 is 1.24 bits per heavy atom. The van der Waals surface area contributed by atoms with Crippen LogP contribution in [0.3, 0.4) is 0 Å². The maximum atomic E-state index is 11.8. The van der Waals surface area contributed by atoms with E-state index in [4.69, 9.17) is 0 Å². The average Bonchev–Trinajstić information content (AvgIpc) is 2.92. The number of rotatable bonds is 6. The molecule has 2 aromatic rings. The first-order chi connectivity index (χ1) is 8.25. The molecule has 0 N–H and O–H groups in total. The number of carbonyl (C=O) groups excluding carboxylic acids is 1. The van der Waals surface area contributed by atoms with Gasteiger partial charge in [0.15, 0.2) is 0 Å². The molecule has 2 rings (SSSR count). The van der Waals surface area contributed by atoms with Crippen LogP contribution in [0.2, 0.25) is 0 Å². The predicted octanol–water partition coefficient (Wildman–Crippen LogP) is 4.71. The van der Waals surface area contributed by atoms with Gasteiger partial charge in [-0.15, -0.1) is 22.7 Å². The van der Waals surface area contributed by atoms with Crippen molar-refractivity contribution in [2.24, 2.45) is 0 Å². The van der Waals surface area contributed by atoms with Gasteiger partial charge in [-0.1, -0.05) is 6.07 Å². The molecule has 0 atom stereocenters. The summed E-state index contributed by atoms with van der Waals surface area (Å²) in [6, 6.07) is 6.19. The first-order valence-corrected chi connectivity index (χ1v) is 8.07. The van der Waals surface area contributed by atoms with Crippen LogP contribution in [-0.4, -0.2) is 5.78 Å². The Balaban J connectivity index is 1.73. The van der Waals surface area contributed by atoms with Crippen molar-refractivity contribution in [1.29, 1.82) is 0 Å². The highest BCUT2D eigenvalue weighted by molar-refractivity contribution is 9.10. The lowest BCUT2D eigenvalue weighted by atomic mass is 10.1. The van der Waals surface area contributed by atoms with Crippen molar-refractivity contribution < 1.29 is 4.79 Å². The Morgan fingerprint density at radius 3 is 2.76 bits per heavy atom. The topological polar surface area (TPSA) is 17.1 Å². The van der Waals surface area contributed by atoms with E-state index >= 15 is 0 Å². The third-order valence-corrected chi connectivity index (χ3v) is 5.37. The standard InChI is InChI=1S/C13H13BrOS2/c14-12-6-8-17-13(12)9-10(15)3-1-4-11-5-2-7-16-11/h2,5-8H,1,3-4,9H2. The van der Waals surface area contributed by atoms with E-state index in [1.54, 1.807) is 22.7 Å². The number of ketones is 1. The summed E-state index contributed by atoms with van der Waals surface area (Å²) in [6.07, 6.45) is 3.24. The third kappa shape index (κ3) is 4.05. The molecule has 0 radical (unpaired) electrons. The summed E-state index contributed by atoms with van der Waals surface area (Å²) in [5.74, 6) is 0.338. The SMILES string of the molecule is O=C(CCCc1cccs1)Cc1sccc1Br. The Bertz CT molecular complexity index is 473. The molecule has 0 spiro atoms. The second-order valence-electron chi connectivity index (χ2n) is 3.84. The van der Waals surface area contributed by atoms with Crippen molar-refractivity contribution >= 4 is 44.4 Å². The summed E-state index contributed by atoms with van der Waals surface area (Å²) >= 11 is 6.86. The Hall–Kier alpha value is -0.450. The number of hydrogen-bond donors (Lipinski definition) is 0. The zero-order chi connectivity index (χ0) is 12.1. The maximum absolute atomic E-state index is 11.8. The lowest BCUT2D eigenvalue weighted by Crippen LogP contribution is -2.02. The molecule has 90 valence electrons. The molecule has 17 heavy (non-hydrogen) atoms. The number of halogens is 1. The largest absolute Gasteiger partial charge is 0.299 e. The van der Waals surface area contributed by atoms with E-state index in [-0.39, 0.29) is 0 Å². The first-order valence-electron chi connectivity index (χ1n) is 5.51. The zero-order valence-corrected chi connectivity index (χ0v) is 12.5. The van der Waals surface area contributed by atoms with Crippen molar-refractivity contribution in [2.75, 3.05) is 0 Å². The Morgan fingerprint density at radius 2 is 2.12 bits per heavy atom. The van der Waals surface area contributed by atoms with Crippen LogP contribution in [0.15, 0.2) is 33.4 Å². The van der Waals surface area contributed by atoms with Crippen LogP contribution in [0.25, 0.3) is 0 Å². The van der Waals surface area contributed by atoms with E-state index < -0.39 is 0 Å². The summed E-state index contributed by atoms with van der Waals surface area (Å²) in [5, 5.41) is 4.10. The molecule has 0 fully saturated rings. The molecule has 0 amide bonds. The van der Waals surface area contributed by atoms with Gasteiger partial charge in [0.25, 0.3) is 0 Å². The monoisotopic (exact) mass is 328 g/mol. The highest BCUT2D eigenvalue weighted by atomic mass is 79.9. The van der Waals surface area contributed by atoms with Crippen molar-refractivity contribution in [1.82, 2.24) is 0 Å². The molecular formula is C13H13BrOS2. The van der Waals surface area contributed by atoms with Gasteiger partial charge in [0.2, 0.25) is 0 Å². The van der Waals surface area contributed by atoms with Crippen LogP contribution in [0, 0.1) is 0 Å². The van der Waals surface area contributed by atoms with E-state index in [0.717, 1.165) is 22.2 Å². The van der Waals surface area contributed by atoms with E-state index in [0.29, 0.717) is 18.6 Å². The first kappa shape index (κ1) is 13.0. The minimum Gasteiger partial charge on any atom is -0.299 e. The fourth-order valence-electron chi connectivity index (χ4n) is 1.63. The van der Waals surface area contributed by atoms with Crippen molar-refractivity contribution in [2.45, 2.75) is 25.7 Å². The van der Waals surface area contributed by atoms with Gasteiger partial charge in [0.1, 0.15) is 5.78 Å². The van der Waals surface area contributed by atoms with Gasteiger partial charge in [-0.3, -0.25) is 4.79 Å². The summed E-state index contributed by atoms with van der Waals surface area (Å²) in [5.41, 5.74) is 0. The number of Topliss-reactive ketones (excluding diaryl/α,β-unsaturated/α-hetero) is 1. The van der Waals surface area contributed by atoms with Gasteiger partial charge in [-0.2, -0.15) is 0 Å². The molecular weight excluding hydrogens is 316 g/mol. The highest BCUT2D eigenvalue weighted by Gasteiger charge is 2.08. The minimum absolute atomic E-state index is 0.338. The lowest BCUT2D eigenvalue weighted by molar-refractivity contribution is -0.118. The summed E-state index contributed by atoms with van der Waals surface area (Å²) in [6.45, 7) is 0. The smallest absolute Gasteiger partial charge is 0.138 e. The van der Waals surface area contributed by atoms with E-state index in [9.17, 15) is 4.79 Å². The fourth-order valence-corrected chi connectivity index (χ4v) is 3.91. The number of carbonyl (C=O) groups is 1. The molecule has 0 aromatic carbocycles. The summed E-state index contributed by atoms with van der Waals surface area (Å²) < 4.78 is 1.06. The van der Waals surface area contributed by atoms with Crippen LogP contribution in [-0.2, 0) is 17.6 Å². The van der Waals surface area contributed by atoms with Crippen LogP contribution in [0.4, 0.5) is 0 Å². The highest BCUT2D eigenvalue weighted by Crippen LogP contribution is 2.23. The van der Waals surface area contributed by atoms with Crippen LogP contribution < -0.4 is 0 Å². The lowest BCUT2D eigenvalue weighted by Gasteiger charge is -1.99. The Kier molecular flexibility index (Phi) is 4.95. The minimum atomic E-state index is 0.338. The molecule has 0 aliphatic rings. The van der Waals surface area contributed by atoms with E-state index in [2.05, 4.69) is 33.4 Å². The van der Waals surface area contributed by atoms with Gasteiger partial charge in [0, 0.05) is 27.1 Å². The quantitative estimate of drug-likeness (QED) is 0.750. The zero-order valence-electron chi connectivity index (χ0n) is 9.32. The van der Waals surface area contributed by atoms with Crippen LogP contribution in [0.5, 0.6) is 0 Å². The number of aryl methyl sites for hydroxylation is 1. The summed E-state index contributed by atoms with van der Waals surface area (Å²) in [4.78, 5) is 14.3. The van der Waals surface area contributed by atoms with Gasteiger partial charge in [0.05, 0.1) is 0 Å². The normalized spacial score (nSPS) is 10.6. The molecule has 0 unspecified atom stereocenters. The van der Waals surface area contributed by atoms with Crippen LogP contribution >= 0.6 is 38.6 Å². The van der Waals surface area contributed by atoms with Crippen LogP contribution in [0.1, 0.15) is 22.6 Å². The van der Waals surface area contributed by atoms with Crippen molar-refractivity contribution in [3.8, 4) is 0 Å². The molecule has 0 saturated heterocycles. The van der Waals surface area contributed by atoms with Crippen molar-refractivity contribution in [3.05, 3.63) is 43.2 Å². The fraction of sp³-hybridized carbons (Fsp3) is 0.308. The molecule has 2 aromatic heterocycles. The van der Waals surface area contributed by atoms with Gasteiger partial charge in [-0.05, 0) is 51.7 Å². The molecule has 0 bridgehead atoms. The van der Waals surface area contributed by atoms with E-state index in [1.807, 2.05) is 11.4 Å². The van der Waals surface area contributed by atoms with Crippen molar-refractivity contribution in [3.63, 3.8) is 0 Å². The predicted molar refractivity (Wildman–Crippen MR) is 78.0 cm³/mol. The summed E-state index contributed by atoms with van der Waals surface area (Å²) in [7, 11) is 0. The Labute approximate surface area is 118 Å². The molecule has 0 aliphatic carbocycles. The van der Waals surface area contributed by atoms with Gasteiger partial charge in [-0.25, -0.2) is 0 Å².